The van der Waals surface area contributed by atoms with Gasteiger partial charge in [-0.2, -0.15) is 0 Å². The van der Waals surface area contributed by atoms with Crippen LogP contribution in [0.3, 0.4) is 0 Å². The highest BCUT2D eigenvalue weighted by Crippen LogP contribution is 2.29. The molecule has 1 aliphatic heterocycles. The third kappa shape index (κ3) is 3.70. The molecule has 0 bridgehead atoms. The fraction of sp³-hybridized carbons (Fsp3) is 1.00. The maximum Gasteiger partial charge on any atom is 0.0938 e. The van der Waals surface area contributed by atoms with E-state index in [0.717, 1.165) is 11.9 Å². The molecule has 4 heteroatoms. The third-order valence-corrected chi connectivity index (χ3v) is 4.01. The lowest BCUT2D eigenvalue weighted by atomic mass is 9.82. The summed E-state index contributed by atoms with van der Waals surface area (Å²) < 4.78 is 0. The minimum absolute atomic E-state index is 0.252. The summed E-state index contributed by atoms with van der Waals surface area (Å²) in [5.41, 5.74) is 0.252. The lowest BCUT2D eigenvalue weighted by Gasteiger charge is -2.32. The molecular weight excluding hydrogens is 258 g/mol. The van der Waals surface area contributed by atoms with Crippen LogP contribution in [-0.2, 0) is 0 Å². The third-order valence-electron chi connectivity index (χ3n) is 3.22. The first kappa shape index (κ1) is 13.4. The van der Waals surface area contributed by atoms with Crippen LogP contribution in [0.4, 0.5) is 0 Å². The summed E-state index contributed by atoms with van der Waals surface area (Å²) >= 11 is 3.54. The van der Waals surface area contributed by atoms with Gasteiger partial charge in [0.1, 0.15) is 0 Å². The molecule has 15 heavy (non-hydrogen) atoms. The Hall–Kier alpha value is 0.360. The lowest BCUT2D eigenvalue weighted by molar-refractivity contribution is 0.0572. The summed E-state index contributed by atoms with van der Waals surface area (Å²) in [4.78, 5) is 2.15. The Morgan fingerprint density at radius 2 is 1.73 bits per heavy atom. The molecule has 3 unspecified atom stereocenters. The number of halogens is 1. The maximum atomic E-state index is 9.45. The molecule has 2 N–H and O–H groups in total. The van der Waals surface area contributed by atoms with E-state index in [1.165, 1.54) is 0 Å². The van der Waals surface area contributed by atoms with Crippen LogP contribution in [0.2, 0.25) is 0 Å². The van der Waals surface area contributed by atoms with Gasteiger partial charge in [-0.25, -0.2) is 0 Å². The fourth-order valence-corrected chi connectivity index (χ4v) is 3.04. The van der Waals surface area contributed by atoms with Crippen LogP contribution in [0.15, 0.2) is 0 Å². The summed E-state index contributed by atoms with van der Waals surface area (Å²) in [6.07, 6.45) is -1.14. The molecule has 3 atom stereocenters. The van der Waals surface area contributed by atoms with Crippen molar-refractivity contribution in [3.63, 3.8) is 0 Å². The van der Waals surface area contributed by atoms with Gasteiger partial charge in [-0.1, -0.05) is 36.7 Å². The Kier molecular flexibility index (Phi) is 4.59. The number of hydrogen-bond acceptors (Lipinski definition) is 3. The zero-order valence-electron chi connectivity index (χ0n) is 9.78. The van der Waals surface area contributed by atoms with Crippen molar-refractivity contribution < 1.29 is 10.2 Å². The molecule has 1 rings (SSSR count). The Bertz CT molecular complexity index is 195. The van der Waals surface area contributed by atoms with Gasteiger partial charge >= 0.3 is 0 Å². The number of likely N-dealkylation sites (tertiary alicyclic amines) is 1. The second-order valence-corrected chi connectivity index (χ2v) is 6.22. The fourth-order valence-electron chi connectivity index (χ4n) is 1.86. The van der Waals surface area contributed by atoms with Crippen molar-refractivity contribution in [1.29, 1.82) is 0 Å². The van der Waals surface area contributed by atoms with Gasteiger partial charge in [-0.3, -0.25) is 4.90 Å². The van der Waals surface area contributed by atoms with Gasteiger partial charge in [0.05, 0.1) is 12.2 Å². The van der Waals surface area contributed by atoms with E-state index in [4.69, 9.17) is 0 Å². The average molecular weight is 280 g/mol. The van der Waals surface area contributed by atoms with Crippen molar-refractivity contribution >= 4 is 15.9 Å². The molecule has 1 fully saturated rings. The Morgan fingerprint density at radius 3 is 2.07 bits per heavy atom. The summed E-state index contributed by atoms with van der Waals surface area (Å²) in [7, 11) is 0. The van der Waals surface area contributed by atoms with E-state index in [2.05, 4.69) is 41.6 Å². The van der Waals surface area contributed by atoms with Crippen molar-refractivity contribution in [3.8, 4) is 0 Å². The summed E-state index contributed by atoms with van der Waals surface area (Å²) in [6, 6.07) is 0. The molecule has 0 radical (unpaired) electrons. The van der Waals surface area contributed by atoms with Crippen molar-refractivity contribution in [2.75, 3.05) is 25.0 Å². The predicted molar refractivity (Wildman–Crippen MR) is 65.2 cm³/mol. The molecule has 1 saturated heterocycles. The van der Waals surface area contributed by atoms with Gasteiger partial charge < -0.3 is 10.2 Å². The van der Waals surface area contributed by atoms with Gasteiger partial charge in [0, 0.05) is 25.0 Å². The van der Waals surface area contributed by atoms with Gasteiger partial charge in [-0.05, 0) is 11.3 Å². The molecule has 0 aromatic carbocycles. The normalized spacial score (nSPS) is 30.8. The molecule has 0 aliphatic carbocycles. The van der Waals surface area contributed by atoms with E-state index in [1.54, 1.807) is 0 Å². The van der Waals surface area contributed by atoms with Crippen LogP contribution in [0.25, 0.3) is 0 Å². The molecule has 0 amide bonds. The highest BCUT2D eigenvalue weighted by molar-refractivity contribution is 9.09. The van der Waals surface area contributed by atoms with E-state index in [0.29, 0.717) is 19.0 Å². The molecule has 0 aromatic heterocycles. The second kappa shape index (κ2) is 5.13. The Labute approximate surface area is 101 Å². The maximum absolute atomic E-state index is 9.45. The van der Waals surface area contributed by atoms with Gasteiger partial charge in [0.2, 0.25) is 0 Å². The van der Waals surface area contributed by atoms with Crippen LogP contribution in [0.5, 0.6) is 0 Å². The van der Waals surface area contributed by atoms with Gasteiger partial charge in [0.25, 0.3) is 0 Å². The molecule has 3 nitrogen and oxygen atoms in total. The van der Waals surface area contributed by atoms with Crippen LogP contribution < -0.4 is 0 Å². The Balaban J connectivity index is 2.47. The number of hydrogen-bond donors (Lipinski definition) is 2. The first-order valence-corrected chi connectivity index (χ1v) is 6.61. The first-order valence-electron chi connectivity index (χ1n) is 5.49. The molecule has 0 saturated carbocycles. The molecule has 1 heterocycles. The number of alkyl halides is 1. The molecule has 0 aromatic rings. The second-order valence-electron chi connectivity index (χ2n) is 5.57. The van der Waals surface area contributed by atoms with Gasteiger partial charge in [-0.15, -0.1) is 0 Å². The predicted octanol–water partition coefficient (Wildman–Crippen LogP) is 1.08. The van der Waals surface area contributed by atoms with E-state index in [1.807, 2.05) is 0 Å². The standard InChI is InChI=1S/C11H22BrNO2/c1-11(2,3)8(4-12)5-13-6-9(14)10(15)7-13/h8-10,14-15H,4-7H2,1-3H3. The van der Waals surface area contributed by atoms with Crippen molar-refractivity contribution in [2.45, 2.75) is 33.0 Å². The topological polar surface area (TPSA) is 43.7 Å². The zero-order valence-corrected chi connectivity index (χ0v) is 11.4. The molecular formula is C11H22BrNO2. The van der Waals surface area contributed by atoms with E-state index < -0.39 is 12.2 Å². The van der Waals surface area contributed by atoms with Gasteiger partial charge in [0.15, 0.2) is 0 Å². The highest BCUT2D eigenvalue weighted by Gasteiger charge is 2.33. The molecule has 90 valence electrons. The van der Waals surface area contributed by atoms with E-state index >= 15 is 0 Å². The van der Waals surface area contributed by atoms with Crippen LogP contribution in [0.1, 0.15) is 20.8 Å². The quantitative estimate of drug-likeness (QED) is 0.760. The summed E-state index contributed by atoms with van der Waals surface area (Å²) in [6.45, 7) is 8.80. The molecule has 0 spiro atoms. The SMILES string of the molecule is CC(C)(C)C(CBr)CN1CC(O)C(O)C1. The summed E-state index contributed by atoms with van der Waals surface area (Å²) in [5, 5.41) is 19.9. The lowest BCUT2D eigenvalue weighted by Crippen LogP contribution is -2.35. The monoisotopic (exact) mass is 279 g/mol. The zero-order chi connectivity index (χ0) is 11.6. The van der Waals surface area contributed by atoms with Crippen molar-refractivity contribution in [1.82, 2.24) is 4.90 Å². The van der Waals surface area contributed by atoms with E-state index in [-0.39, 0.29) is 5.41 Å². The van der Waals surface area contributed by atoms with E-state index in [9.17, 15) is 10.2 Å². The summed E-state index contributed by atoms with van der Waals surface area (Å²) in [5.74, 6) is 0.537. The first-order chi connectivity index (χ1) is 6.84. The number of β-amino-alcohol motifs (C(OH)–C–C–N with tert-alkyl or cyclic N) is 2. The number of nitrogens with zero attached hydrogens (tertiary/aromatic N) is 1. The Morgan fingerprint density at radius 1 is 1.27 bits per heavy atom. The minimum atomic E-state index is -0.569. The van der Waals surface area contributed by atoms with Crippen molar-refractivity contribution in [3.05, 3.63) is 0 Å². The number of aliphatic hydroxyl groups excluding tert-OH is 2. The smallest absolute Gasteiger partial charge is 0.0938 e. The highest BCUT2D eigenvalue weighted by atomic mass is 79.9. The minimum Gasteiger partial charge on any atom is -0.389 e. The van der Waals surface area contributed by atoms with Crippen LogP contribution >= 0.6 is 15.9 Å². The average Bonchev–Trinajstić information content (AvgIpc) is 2.40. The number of rotatable bonds is 3. The largest absolute Gasteiger partial charge is 0.389 e. The molecule has 1 aliphatic rings. The van der Waals surface area contributed by atoms with Crippen LogP contribution in [0, 0.1) is 11.3 Å². The number of aliphatic hydroxyl groups is 2. The van der Waals surface area contributed by atoms with Crippen molar-refractivity contribution in [2.24, 2.45) is 11.3 Å². The van der Waals surface area contributed by atoms with Crippen LogP contribution in [-0.4, -0.2) is 52.3 Å².